The number of carbonyl (C=O) groups is 3. The van der Waals surface area contributed by atoms with E-state index in [2.05, 4.69) is 4.74 Å². The summed E-state index contributed by atoms with van der Waals surface area (Å²) in [4.78, 5) is 32.8. The van der Waals surface area contributed by atoms with E-state index in [-0.39, 0.29) is 5.56 Å². The van der Waals surface area contributed by atoms with Crippen LogP contribution < -0.4 is 4.74 Å². The fourth-order valence-electron chi connectivity index (χ4n) is 1.26. The Hall–Kier alpha value is -2.57. The molecule has 19 heavy (non-hydrogen) atoms. The van der Waals surface area contributed by atoms with Crippen LogP contribution in [0.4, 0.5) is 0 Å². The fourth-order valence-corrected chi connectivity index (χ4v) is 1.26. The lowest BCUT2D eigenvalue weighted by molar-refractivity contribution is -0.153. The van der Waals surface area contributed by atoms with Crippen LogP contribution in [0, 0.1) is 0 Å². The second kappa shape index (κ2) is 6.39. The summed E-state index contributed by atoms with van der Waals surface area (Å²) >= 11 is 0. The van der Waals surface area contributed by atoms with E-state index in [4.69, 9.17) is 14.9 Å². The Balaban J connectivity index is 2.75. The number of carboxylic acid groups (broad SMARTS) is 2. The maximum absolute atomic E-state index is 11.6. The highest BCUT2D eigenvalue weighted by molar-refractivity contribution is 5.92. The van der Waals surface area contributed by atoms with E-state index in [0.717, 1.165) is 0 Å². The van der Waals surface area contributed by atoms with E-state index in [1.165, 1.54) is 31.4 Å². The summed E-state index contributed by atoms with van der Waals surface area (Å²) in [5, 5.41) is 17.3. The van der Waals surface area contributed by atoms with Gasteiger partial charge in [-0.25, -0.2) is 9.59 Å². The van der Waals surface area contributed by atoms with Crippen LogP contribution in [0.2, 0.25) is 0 Å². The largest absolute Gasteiger partial charge is 0.497 e. The molecule has 0 unspecified atom stereocenters. The minimum absolute atomic E-state index is 0.109. The van der Waals surface area contributed by atoms with Gasteiger partial charge in [-0.2, -0.15) is 0 Å². The predicted octanol–water partition coefficient (Wildman–Crippen LogP) is 0.780. The zero-order valence-electron chi connectivity index (χ0n) is 10.0. The monoisotopic (exact) mass is 268 g/mol. The van der Waals surface area contributed by atoms with Crippen molar-refractivity contribution in [1.82, 2.24) is 0 Å². The Bertz CT molecular complexity index is 477. The molecule has 1 aromatic carbocycles. The molecule has 102 valence electrons. The van der Waals surface area contributed by atoms with Crippen molar-refractivity contribution in [2.75, 3.05) is 7.11 Å². The zero-order chi connectivity index (χ0) is 14.4. The number of carboxylic acids is 2. The Labute approximate surface area is 108 Å². The van der Waals surface area contributed by atoms with Gasteiger partial charge in [0, 0.05) is 0 Å². The van der Waals surface area contributed by atoms with Crippen molar-refractivity contribution in [3.63, 3.8) is 0 Å². The summed E-state index contributed by atoms with van der Waals surface area (Å²) in [6.07, 6.45) is -2.51. The van der Waals surface area contributed by atoms with Crippen molar-refractivity contribution in [3.05, 3.63) is 29.8 Å². The molecular weight excluding hydrogens is 256 g/mol. The van der Waals surface area contributed by atoms with E-state index >= 15 is 0 Å². The lowest BCUT2D eigenvalue weighted by atomic mass is 10.2. The van der Waals surface area contributed by atoms with Crippen molar-refractivity contribution in [1.29, 1.82) is 0 Å². The molecule has 0 aliphatic heterocycles. The standard InChI is InChI=1S/C12H12O7/c1-18-8-4-2-7(3-5-8)12(17)19-9(11(15)16)6-10(13)14/h2-5,9H,6H2,1H3,(H,13,14)(H,15,16)/t9-/m0/s1. The molecule has 0 fully saturated rings. The fraction of sp³-hybridized carbons (Fsp3) is 0.250. The van der Waals surface area contributed by atoms with Gasteiger partial charge in [-0.05, 0) is 24.3 Å². The van der Waals surface area contributed by atoms with Crippen molar-refractivity contribution in [2.45, 2.75) is 12.5 Å². The van der Waals surface area contributed by atoms with Crippen LogP contribution in [-0.4, -0.2) is 41.3 Å². The quantitative estimate of drug-likeness (QED) is 0.733. The number of benzene rings is 1. The zero-order valence-corrected chi connectivity index (χ0v) is 10.0. The highest BCUT2D eigenvalue weighted by Gasteiger charge is 2.25. The molecule has 0 heterocycles. The topological polar surface area (TPSA) is 110 Å². The smallest absolute Gasteiger partial charge is 0.345 e. The maximum Gasteiger partial charge on any atom is 0.345 e. The summed E-state index contributed by atoms with van der Waals surface area (Å²) in [6.45, 7) is 0. The molecule has 0 aliphatic rings. The first-order valence-corrected chi connectivity index (χ1v) is 5.23. The van der Waals surface area contributed by atoms with Crippen LogP contribution in [0.1, 0.15) is 16.8 Å². The van der Waals surface area contributed by atoms with E-state index in [1.54, 1.807) is 0 Å². The molecular formula is C12H12O7. The first-order valence-electron chi connectivity index (χ1n) is 5.23. The number of rotatable bonds is 6. The van der Waals surface area contributed by atoms with Gasteiger partial charge in [0.05, 0.1) is 19.1 Å². The van der Waals surface area contributed by atoms with E-state index in [9.17, 15) is 14.4 Å². The van der Waals surface area contributed by atoms with Crippen LogP contribution in [0.15, 0.2) is 24.3 Å². The number of carbonyl (C=O) groups excluding carboxylic acids is 1. The number of aliphatic carboxylic acids is 2. The van der Waals surface area contributed by atoms with Gasteiger partial charge in [0.1, 0.15) is 5.75 Å². The highest BCUT2D eigenvalue weighted by Crippen LogP contribution is 2.13. The number of hydrogen-bond donors (Lipinski definition) is 2. The van der Waals surface area contributed by atoms with Gasteiger partial charge in [-0.15, -0.1) is 0 Å². The average molecular weight is 268 g/mol. The molecule has 1 aromatic rings. The molecule has 0 aliphatic carbocycles. The molecule has 0 bridgehead atoms. The summed E-state index contributed by atoms with van der Waals surface area (Å²) < 4.78 is 9.52. The SMILES string of the molecule is COc1ccc(C(=O)O[C@@H](CC(=O)O)C(=O)O)cc1. The molecule has 2 N–H and O–H groups in total. The number of hydrogen-bond acceptors (Lipinski definition) is 5. The summed E-state index contributed by atoms with van der Waals surface area (Å²) in [7, 11) is 1.46. The molecule has 7 heteroatoms. The first kappa shape index (κ1) is 14.5. The van der Waals surface area contributed by atoms with Crippen LogP contribution in [-0.2, 0) is 14.3 Å². The molecule has 0 spiro atoms. The molecule has 1 atom stereocenters. The Kier molecular flexibility index (Phi) is 4.87. The minimum Gasteiger partial charge on any atom is -0.497 e. The van der Waals surface area contributed by atoms with Gasteiger partial charge in [0.2, 0.25) is 6.10 Å². The Morgan fingerprint density at radius 1 is 1.16 bits per heavy atom. The van der Waals surface area contributed by atoms with Crippen molar-refractivity contribution >= 4 is 17.9 Å². The highest BCUT2D eigenvalue weighted by atomic mass is 16.6. The molecule has 0 saturated heterocycles. The van der Waals surface area contributed by atoms with Crippen LogP contribution >= 0.6 is 0 Å². The molecule has 1 rings (SSSR count). The van der Waals surface area contributed by atoms with Crippen LogP contribution in [0.3, 0.4) is 0 Å². The average Bonchev–Trinajstić information content (AvgIpc) is 2.37. The molecule has 0 aromatic heterocycles. The third kappa shape index (κ3) is 4.30. The summed E-state index contributed by atoms with van der Waals surface area (Å²) in [5.74, 6) is -3.26. The lowest BCUT2D eigenvalue weighted by Crippen LogP contribution is -2.29. The number of ether oxygens (including phenoxy) is 2. The third-order valence-electron chi connectivity index (χ3n) is 2.21. The van der Waals surface area contributed by atoms with E-state index in [0.29, 0.717) is 5.75 Å². The van der Waals surface area contributed by atoms with Crippen molar-refractivity contribution < 1.29 is 34.1 Å². The second-order valence-electron chi connectivity index (χ2n) is 3.56. The maximum atomic E-state index is 11.6. The van der Waals surface area contributed by atoms with Gasteiger partial charge in [-0.1, -0.05) is 0 Å². The summed E-state index contributed by atoms with van der Waals surface area (Å²) in [5.41, 5.74) is 0.109. The molecule has 7 nitrogen and oxygen atoms in total. The second-order valence-corrected chi connectivity index (χ2v) is 3.56. The third-order valence-corrected chi connectivity index (χ3v) is 2.21. The summed E-state index contributed by atoms with van der Waals surface area (Å²) in [6, 6.07) is 5.79. The van der Waals surface area contributed by atoms with Crippen molar-refractivity contribution in [2.24, 2.45) is 0 Å². The molecule has 0 amide bonds. The first-order chi connectivity index (χ1) is 8.93. The Morgan fingerprint density at radius 2 is 1.74 bits per heavy atom. The molecule has 0 saturated carbocycles. The van der Waals surface area contributed by atoms with Gasteiger partial charge < -0.3 is 19.7 Å². The lowest BCUT2D eigenvalue weighted by Gasteiger charge is -2.11. The van der Waals surface area contributed by atoms with Gasteiger partial charge in [0.25, 0.3) is 0 Å². The predicted molar refractivity (Wildman–Crippen MR) is 62.1 cm³/mol. The van der Waals surface area contributed by atoms with Gasteiger partial charge in [-0.3, -0.25) is 4.79 Å². The van der Waals surface area contributed by atoms with Crippen LogP contribution in [0.25, 0.3) is 0 Å². The normalized spacial score (nSPS) is 11.4. The van der Waals surface area contributed by atoms with E-state index < -0.39 is 30.4 Å². The number of esters is 1. The van der Waals surface area contributed by atoms with Crippen molar-refractivity contribution in [3.8, 4) is 5.75 Å². The Morgan fingerprint density at radius 3 is 2.16 bits per heavy atom. The van der Waals surface area contributed by atoms with Crippen LogP contribution in [0.5, 0.6) is 5.75 Å². The van der Waals surface area contributed by atoms with E-state index in [1.807, 2.05) is 0 Å². The molecule has 0 radical (unpaired) electrons. The van der Waals surface area contributed by atoms with Gasteiger partial charge in [0.15, 0.2) is 0 Å². The van der Waals surface area contributed by atoms with Gasteiger partial charge >= 0.3 is 17.9 Å². The minimum atomic E-state index is -1.72. The number of methoxy groups -OCH3 is 1.